The minimum absolute atomic E-state index is 0.0490. The number of aryl methyl sites for hydroxylation is 1. The Bertz CT molecular complexity index is 636. The van der Waals surface area contributed by atoms with E-state index in [2.05, 4.69) is 0 Å². The number of nitrogen functional groups attached to an aromatic ring is 1. The third-order valence-corrected chi connectivity index (χ3v) is 5.46. The van der Waals surface area contributed by atoms with Crippen LogP contribution in [0.4, 0.5) is 5.69 Å². The molecule has 0 radical (unpaired) electrons. The van der Waals surface area contributed by atoms with Crippen molar-refractivity contribution >= 4 is 38.5 Å². The molecule has 2 N–H and O–H groups in total. The topological polar surface area (TPSA) is 60.2 Å². The van der Waals surface area contributed by atoms with E-state index in [1.807, 2.05) is 16.8 Å². The Balaban J connectivity index is 2.20. The van der Waals surface area contributed by atoms with Crippen LogP contribution in [0.2, 0.25) is 5.02 Å². The van der Waals surface area contributed by atoms with E-state index in [0.29, 0.717) is 12.1 Å². The molecule has 0 aliphatic carbocycles. The number of thiophene rings is 1. The zero-order chi connectivity index (χ0) is 13.2. The summed E-state index contributed by atoms with van der Waals surface area (Å²) in [5, 5.41) is 4.05. The highest BCUT2D eigenvalue weighted by atomic mass is 35.5. The van der Waals surface area contributed by atoms with Crippen LogP contribution in [-0.2, 0) is 16.3 Å². The monoisotopic (exact) mass is 301 g/mol. The number of rotatable bonds is 4. The summed E-state index contributed by atoms with van der Waals surface area (Å²) in [5.41, 5.74) is 7.02. The standard InChI is InChI=1S/C12H12ClNO2S2/c13-11-7-10(14)1-2-12(11)18(15,16)6-4-9-3-5-17-8-9/h1-3,5,7-8H,4,6,14H2. The molecule has 0 saturated carbocycles. The summed E-state index contributed by atoms with van der Waals surface area (Å²) < 4.78 is 24.3. The van der Waals surface area contributed by atoms with Crippen molar-refractivity contribution in [2.45, 2.75) is 11.3 Å². The lowest BCUT2D eigenvalue weighted by molar-refractivity contribution is 0.595. The SMILES string of the molecule is Nc1ccc(S(=O)(=O)CCc2ccsc2)c(Cl)c1. The first kappa shape index (κ1) is 13.4. The van der Waals surface area contributed by atoms with Crippen molar-refractivity contribution in [2.75, 3.05) is 11.5 Å². The van der Waals surface area contributed by atoms with E-state index < -0.39 is 9.84 Å². The third-order valence-electron chi connectivity index (χ3n) is 2.53. The van der Waals surface area contributed by atoms with Crippen LogP contribution in [-0.4, -0.2) is 14.2 Å². The Labute approximate surface area is 115 Å². The van der Waals surface area contributed by atoms with Gasteiger partial charge in [0, 0.05) is 5.69 Å². The quantitative estimate of drug-likeness (QED) is 0.883. The lowest BCUT2D eigenvalue weighted by Crippen LogP contribution is -2.09. The molecular formula is C12H12ClNO2S2. The second kappa shape index (κ2) is 5.30. The highest BCUT2D eigenvalue weighted by Gasteiger charge is 2.18. The molecule has 1 aromatic carbocycles. The molecule has 3 nitrogen and oxygen atoms in total. The number of hydrogen-bond acceptors (Lipinski definition) is 4. The number of sulfone groups is 1. The second-order valence-electron chi connectivity index (χ2n) is 3.89. The number of hydrogen-bond donors (Lipinski definition) is 1. The van der Waals surface area contributed by atoms with Gasteiger partial charge in [0.15, 0.2) is 9.84 Å². The molecule has 0 amide bonds. The van der Waals surface area contributed by atoms with Crippen LogP contribution < -0.4 is 5.73 Å². The number of halogens is 1. The summed E-state index contributed by atoms with van der Waals surface area (Å²) in [4.78, 5) is 0.147. The predicted octanol–water partition coefficient (Wildman–Crippen LogP) is 3.00. The van der Waals surface area contributed by atoms with Gasteiger partial charge in [-0.05, 0) is 47.0 Å². The van der Waals surface area contributed by atoms with Gasteiger partial charge in [0.05, 0.1) is 15.7 Å². The number of benzene rings is 1. The first-order valence-corrected chi connectivity index (χ1v) is 8.25. The summed E-state index contributed by atoms with van der Waals surface area (Å²) in [5.74, 6) is 0.0490. The zero-order valence-electron chi connectivity index (χ0n) is 9.47. The van der Waals surface area contributed by atoms with Gasteiger partial charge >= 0.3 is 0 Å². The van der Waals surface area contributed by atoms with E-state index in [9.17, 15) is 8.42 Å². The zero-order valence-corrected chi connectivity index (χ0v) is 11.9. The van der Waals surface area contributed by atoms with Gasteiger partial charge in [-0.25, -0.2) is 8.42 Å². The molecule has 1 heterocycles. The maximum Gasteiger partial charge on any atom is 0.180 e. The van der Waals surface area contributed by atoms with E-state index >= 15 is 0 Å². The van der Waals surface area contributed by atoms with E-state index in [0.717, 1.165) is 5.56 Å². The van der Waals surface area contributed by atoms with Crippen LogP contribution in [0.25, 0.3) is 0 Å². The Morgan fingerprint density at radius 2 is 2.06 bits per heavy atom. The fraction of sp³-hybridized carbons (Fsp3) is 0.167. The Morgan fingerprint density at radius 1 is 1.28 bits per heavy atom. The highest BCUT2D eigenvalue weighted by molar-refractivity contribution is 7.91. The first-order valence-electron chi connectivity index (χ1n) is 5.28. The molecular weight excluding hydrogens is 290 g/mol. The van der Waals surface area contributed by atoms with Gasteiger partial charge in [-0.15, -0.1) is 0 Å². The van der Waals surface area contributed by atoms with Gasteiger partial charge < -0.3 is 5.73 Å². The fourth-order valence-corrected chi connectivity index (χ4v) is 4.17. The van der Waals surface area contributed by atoms with Crippen molar-refractivity contribution in [3.8, 4) is 0 Å². The lowest BCUT2D eigenvalue weighted by atomic mass is 10.3. The molecule has 2 rings (SSSR count). The molecule has 0 saturated heterocycles. The first-order chi connectivity index (χ1) is 8.49. The average Bonchev–Trinajstić information content (AvgIpc) is 2.78. The van der Waals surface area contributed by atoms with Crippen molar-refractivity contribution < 1.29 is 8.42 Å². The summed E-state index contributed by atoms with van der Waals surface area (Å²) in [6, 6.07) is 6.38. The van der Waals surface area contributed by atoms with Crippen LogP contribution in [0.3, 0.4) is 0 Å². The molecule has 0 atom stereocenters. The molecule has 0 aliphatic heterocycles. The second-order valence-corrected chi connectivity index (χ2v) is 7.16. The van der Waals surface area contributed by atoms with E-state index in [4.69, 9.17) is 17.3 Å². The minimum Gasteiger partial charge on any atom is -0.399 e. The predicted molar refractivity (Wildman–Crippen MR) is 75.9 cm³/mol. The Morgan fingerprint density at radius 3 is 2.67 bits per heavy atom. The van der Waals surface area contributed by atoms with E-state index in [-0.39, 0.29) is 15.7 Å². The Kier molecular flexibility index (Phi) is 3.94. The molecule has 18 heavy (non-hydrogen) atoms. The molecule has 0 unspecified atom stereocenters. The lowest BCUT2D eigenvalue weighted by Gasteiger charge is -2.06. The third kappa shape index (κ3) is 3.04. The van der Waals surface area contributed by atoms with Gasteiger partial charge in [0.2, 0.25) is 0 Å². The van der Waals surface area contributed by atoms with Crippen LogP contribution in [0, 0.1) is 0 Å². The van der Waals surface area contributed by atoms with E-state index in [1.165, 1.54) is 12.1 Å². The molecule has 2 aromatic rings. The van der Waals surface area contributed by atoms with Gasteiger partial charge in [-0.2, -0.15) is 11.3 Å². The van der Waals surface area contributed by atoms with E-state index in [1.54, 1.807) is 17.4 Å². The molecule has 96 valence electrons. The normalized spacial score (nSPS) is 11.6. The smallest absolute Gasteiger partial charge is 0.180 e. The van der Waals surface area contributed by atoms with Crippen molar-refractivity contribution in [2.24, 2.45) is 0 Å². The van der Waals surface area contributed by atoms with Crippen molar-refractivity contribution in [1.82, 2.24) is 0 Å². The van der Waals surface area contributed by atoms with Gasteiger partial charge in [0.1, 0.15) is 0 Å². The summed E-state index contributed by atoms with van der Waals surface area (Å²) in [6.07, 6.45) is 0.493. The van der Waals surface area contributed by atoms with Crippen LogP contribution in [0.15, 0.2) is 39.9 Å². The molecule has 6 heteroatoms. The van der Waals surface area contributed by atoms with Crippen LogP contribution in [0.5, 0.6) is 0 Å². The highest BCUT2D eigenvalue weighted by Crippen LogP contribution is 2.25. The summed E-state index contributed by atoms with van der Waals surface area (Å²) >= 11 is 7.47. The summed E-state index contributed by atoms with van der Waals surface area (Å²) in [6.45, 7) is 0. The molecule has 0 spiro atoms. The van der Waals surface area contributed by atoms with Crippen molar-refractivity contribution in [1.29, 1.82) is 0 Å². The number of anilines is 1. The molecule has 0 bridgehead atoms. The van der Waals surface area contributed by atoms with Crippen LogP contribution in [0.1, 0.15) is 5.56 Å². The number of nitrogens with two attached hydrogens (primary N) is 1. The summed E-state index contributed by atoms with van der Waals surface area (Å²) in [7, 11) is -3.37. The van der Waals surface area contributed by atoms with Gasteiger partial charge in [-0.1, -0.05) is 11.6 Å². The van der Waals surface area contributed by atoms with Crippen LogP contribution >= 0.6 is 22.9 Å². The maximum atomic E-state index is 12.1. The molecule has 0 fully saturated rings. The fourth-order valence-electron chi connectivity index (χ4n) is 1.57. The maximum absolute atomic E-state index is 12.1. The van der Waals surface area contributed by atoms with Gasteiger partial charge in [-0.3, -0.25) is 0 Å². The van der Waals surface area contributed by atoms with Crippen molar-refractivity contribution in [3.63, 3.8) is 0 Å². The Hall–Kier alpha value is -1.04. The minimum atomic E-state index is -3.37. The van der Waals surface area contributed by atoms with Gasteiger partial charge in [0.25, 0.3) is 0 Å². The van der Waals surface area contributed by atoms with Crippen molar-refractivity contribution in [3.05, 3.63) is 45.6 Å². The molecule has 0 aliphatic rings. The molecule has 1 aromatic heterocycles. The largest absolute Gasteiger partial charge is 0.399 e. The average molecular weight is 302 g/mol.